The number of hydrogen-bond acceptors (Lipinski definition) is 2. The lowest BCUT2D eigenvalue weighted by atomic mass is 10.00. The summed E-state index contributed by atoms with van der Waals surface area (Å²) in [5, 5.41) is 11.9. The summed E-state index contributed by atoms with van der Waals surface area (Å²) in [6.45, 7) is 2.87. The highest BCUT2D eigenvalue weighted by Gasteiger charge is 2.31. The van der Waals surface area contributed by atoms with Crippen LogP contribution in [0.25, 0.3) is 0 Å². The zero-order valence-corrected chi connectivity index (χ0v) is 13.0. The van der Waals surface area contributed by atoms with E-state index < -0.39 is 5.97 Å². The topological polar surface area (TPSA) is 69.6 Å². The number of nitrogens with zero attached hydrogens (tertiary/aromatic N) is 1. The Hall–Kier alpha value is -2.04. The van der Waals surface area contributed by atoms with Gasteiger partial charge in [0.2, 0.25) is 0 Å². The number of likely N-dealkylation sites (tertiary alicyclic amines) is 1. The standard InChI is InChI=1S/C17H24N2O3/c1-2-15-10-11-19(15)17(22)18-14(8-9-16(20)21)12-13-6-4-3-5-7-13/h3-7,14-15H,2,8-12H2,1H3,(H,18,22)(H,20,21). The van der Waals surface area contributed by atoms with Crippen LogP contribution in [0, 0.1) is 0 Å². The predicted octanol–water partition coefficient (Wildman–Crippen LogP) is 2.66. The summed E-state index contributed by atoms with van der Waals surface area (Å²) >= 11 is 0. The molecular weight excluding hydrogens is 280 g/mol. The third kappa shape index (κ3) is 4.48. The highest BCUT2D eigenvalue weighted by molar-refractivity contribution is 5.76. The molecule has 2 N–H and O–H groups in total. The summed E-state index contributed by atoms with van der Waals surface area (Å²) in [4.78, 5) is 25.0. The lowest BCUT2D eigenvalue weighted by Crippen LogP contribution is -2.56. The minimum Gasteiger partial charge on any atom is -0.481 e. The molecule has 0 aromatic heterocycles. The molecule has 5 nitrogen and oxygen atoms in total. The zero-order chi connectivity index (χ0) is 15.9. The number of urea groups is 1. The maximum atomic E-state index is 12.3. The van der Waals surface area contributed by atoms with E-state index in [0.717, 1.165) is 24.9 Å². The average Bonchev–Trinajstić information content (AvgIpc) is 2.45. The van der Waals surface area contributed by atoms with E-state index >= 15 is 0 Å². The van der Waals surface area contributed by atoms with Crippen molar-refractivity contribution < 1.29 is 14.7 Å². The van der Waals surface area contributed by atoms with Crippen molar-refractivity contribution in [2.75, 3.05) is 6.54 Å². The van der Waals surface area contributed by atoms with Crippen molar-refractivity contribution in [3.05, 3.63) is 35.9 Å². The lowest BCUT2D eigenvalue weighted by molar-refractivity contribution is -0.137. The van der Waals surface area contributed by atoms with Gasteiger partial charge in [0.1, 0.15) is 0 Å². The molecule has 1 saturated heterocycles. The summed E-state index contributed by atoms with van der Waals surface area (Å²) in [6.07, 6.45) is 3.19. The van der Waals surface area contributed by atoms with Gasteiger partial charge in [-0.25, -0.2) is 4.79 Å². The second-order valence-electron chi connectivity index (χ2n) is 5.81. The Bertz CT molecular complexity index is 502. The molecule has 2 unspecified atom stereocenters. The number of amides is 2. The Kier molecular flexibility index (Phi) is 5.81. The van der Waals surface area contributed by atoms with Crippen molar-refractivity contribution in [3.8, 4) is 0 Å². The largest absolute Gasteiger partial charge is 0.481 e. The summed E-state index contributed by atoms with van der Waals surface area (Å²) in [7, 11) is 0. The van der Waals surface area contributed by atoms with Crippen LogP contribution in [0.1, 0.15) is 38.2 Å². The average molecular weight is 304 g/mol. The fourth-order valence-electron chi connectivity index (χ4n) is 2.81. The highest BCUT2D eigenvalue weighted by atomic mass is 16.4. The van der Waals surface area contributed by atoms with E-state index in [1.165, 1.54) is 0 Å². The molecule has 1 heterocycles. The lowest BCUT2D eigenvalue weighted by Gasteiger charge is -2.41. The second-order valence-corrected chi connectivity index (χ2v) is 5.81. The summed E-state index contributed by atoms with van der Waals surface area (Å²) < 4.78 is 0. The van der Waals surface area contributed by atoms with Crippen LogP contribution < -0.4 is 5.32 Å². The molecule has 22 heavy (non-hydrogen) atoms. The van der Waals surface area contributed by atoms with Crippen LogP contribution in [0.4, 0.5) is 4.79 Å². The maximum Gasteiger partial charge on any atom is 0.317 e. The van der Waals surface area contributed by atoms with Gasteiger partial charge in [-0.1, -0.05) is 37.3 Å². The van der Waals surface area contributed by atoms with Gasteiger partial charge < -0.3 is 15.3 Å². The fourth-order valence-corrected chi connectivity index (χ4v) is 2.81. The second kappa shape index (κ2) is 7.82. The number of benzene rings is 1. The van der Waals surface area contributed by atoms with E-state index in [9.17, 15) is 9.59 Å². The van der Waals surface area contributed by atoms with Gasteiger partial charge in [-0.2, -0.15) is 0 Å². The maximum absolute atomic E-state index is 12.3. The van der Waals surface area contributed by atoms with Crippen molar-refractivity contribution in [2.24, 2.45) is 0 Å². The Labute approximate surface area is 131 Å². The molecule has 0 bridgehead atoms. The van der Waals surface area contributed by atoms with Crippen LogP contribution in [-0.2, 0) is 11.2 Å². The fraction of sp³-hybridized carbons (Fsp3) is 0.529. The molecule has 2 rings (SSSR count). The van der Waals surface area contributed by atoms with Gasteiger partial charge in [-0.3, -0.25) is 4.79 Å². The minimum atomic E-state index is -0.831. The van der Waals surface area contributed by atoms with Gasteiger partial charge in [-0.15, -0.1) is 0 Å². The van der Waals surface area contributed by atoms with Crippen LogP contribution >= 0.6 is 0 Å². The monoisotopic (exact) mass is 304 g/mol. The van der Waals surface area contributed by atoms with Gasteiger partial charge in [0.25, 0.3) is 0 Å². The molecule has 1 aliphatic heterocycles. The molecule has 2 atom stereocenters. The number of carbonyl (C=O) groups excluding carboxylic acids is 1. The molecule has 1 fully saturated rings. The molecule has 0 spiro atoms. The first-order valence-electron chi connectivity index (χ1n) is 7.93. The normalized spacial score (nSPS) is 18.4. The zero-order valence-electron chi connectivity index (χ0n) is 13.0. The molecule has 5 heteroatoms. The first-order valence-corrected chi connectivity index (χ1v) is 7.93. The van der Waals surface area contributed by atoms with E-state index in [0.29, 0.717) is 18.9 Å². The van der Waals surface area contributed by atoms with Crippen LogP contribution in [0.3, 0.4) is 0 Å². The molecule has 0 saturated carbocycles. The van der Waals surface area contributed by atoms with Gasteiger partial charge in [0.15, 0.2) is 0 Å². The predicted molar refractivity (Wildman–Crippen MR) is 84.7 cm³/mol. The number of hydrogen-bond donors (Lipinski definition) is 2. The molecule has 120 valence electrons. The third-order valence-electron chi connectivity index (χ3n) is 4.24. The molecule has 2 amide bonds. The summed E-state index contributed by atoms with van der Waals surface area (Å²) in [5.41, 5.74) is 1.11. The minimum absolute atomic E-state index is 0.0645. The van der Waals surface area contributed by atoms with Gasteiger partial charge in [0, 0.05) is 25.0 Å². The Balaban J connectivity index is 1.94. The first-order chi connectivity index (χ1) is 10.6. The quantitative estimate of drug-likeness (QED) is 0.813. The highest BCUT2D eigenvalue weighted by Crippen LogP contribution is 2.20. The summed E-state index contributed by atoms with van der Waals surface area (Å²) in [5.74, 6) is -0.831. The van der Waals surface area contributed by atoms with Gasteiger partial charge in [0.05, 0.1) is 0 Å². The van der Waals surface area contributed by atoms with Crippen LogP contribution in [0.5, 0.6) is 0 Å². The Morgan fingerprint density at radius 2 is 2.09 bits per heavy atom. The third-order valence-corrected chi connectivity index (χ3v) is 4.24. The summed E-state index contributed by atoms with van der Waals surface area (Å²) in [6, 6.07) is 9.96. The van der Waals surface area contributed by atoms with E-state index in [2.05, 4.69) is 12.2 Å². The smallest absolute Gasteiger partial charge is 0.317 e. The number of aliphatic carboxylic acids is 1. The van der Waals surface area contributed by atoms with Gasteiger partial charge in [-0.05, 0) is 31.2 Å². The number of nitrogens with one attached hydrogen (secondary N) is 1. The van der Waals surface area contributed by atoms with Crippen LogP contribution in [0.2, 0.25) is 0 Å². The van der Waals surface area contributed by atoms with E-state index in [4.69, 9.17) is 5.11 Å². The molecule has 1 aromatic rings. The molecular formula is C17H24N2O3. The van der Waals surface area contributed by atoms with Crippen molar-refractivity contribution in [2.45, 2.75) is 51.1 Å². The van der Waals surface area contributed by atoms with E-state index in [1.54, 1.807) is 0 Å². The van der Waals surface area contributed by atoms with Crippen LogP contribution in [0.15, 0.2) is 30.3 Å². The van der Waals surface area contributed by atoms with Crippen molar-refractivity contribution >= 4 is 12.0 Å². The first kappa shape index (κ1) is 16.3. The molecule has 0 radical (unpaired) electrons. The van der Waals surface area contributed by atoms with Crippen molar-refractivity contribution in [3.63, 3.8) is 0 Å². The van der Waals surface area contributed by atoms with Crippen molar-refractivity contribution in [1.82, 2.24) is 10.2 Å². The van der Waals surface area contributed by atoms with Crippen LogP contribution in [-0.4, -0.2) is 40.6 Å². The van der Waals surface area contributed by atoms with E-state index in [-0.39, 0.29) is 18.5 Å². The molecule has 1 aliphatic rings. The van der Waals surface area contributed by atoms with Gasteiger partial charge >= 0.3 is 12.0 Å². The van der Waals surface area contributed by atoms with E-state index in [1.807, 2.05) is 35.2 Å². The number of carboxylic acid groups (broad SMARTS) is 1. The number of carbonyl (C=O) groups is 2. The number of rotatable bonds is 7. The molecule has 1 aromatic carbocycles. The Morgan fingerprint density at radius 3 is 2.64 bits per heavy atom. The number of carboxylic acids is 1. The van der Waals surface area contributed by atoms with Crippen molar-refractivity contribution in [1.29, 1.82) is 0 Å². The molecule has 0 aliphatic carbocycles. The SMILES string of the molecule is CCC1CCN1C(=O)NC(CCC(=O)O)Cc1ccccc1. The Morgan fingerprint density at radius 1 is 1.36 bits per heavy atom.